The van der Waals surface area contributed by atoms with Crippen LogP contribution in [0, 0.1) is 17.5 Å². The molecule has 0 amide bonds. The molecule has 0 aromatic heterocycles. The Morgan fingerprint density at radius 3 is 2.12 bits per heavy atom. The van der Waals surface area contributed by atoms with Crippen LogP contribution in [0.25, 0.3) is 11.1 Å². The molecule has 0 heterocycles. The lowest BCUT2D eigenvalue weighted by Gasteiger charge is -2.05. The van der Waals surface area contributed by atoms with Gasteiger partial charge < -0.3 is 5.73 Å². The van der Waals surface area contributed by atoms with Crippen molar-refractivity contribution in [3.63, 3.8) is 0 Å². The molecule has 2 rings (SSSR count). The van der Waals surface area contributed by atoms with Crippen molar-refractivity contribution in [1.29, 1.82) is 0 Å². The molecular formula is C12H8F3N. The van der Waals surface area contributed by atoms with Crippen LogP contribution >= 0.6 is 0 Å². The lowest BCUT2D eigenvalue weighted by atomic mass is 10.0. The third-order valence-electron chi connectivity index (χ3n) is 2.22. The maximum absolute atomic E-state index is 13.4. The molecule has 0 aliphatic heterocycles. The first-order valence-corrected chi connectivity index (χ1v) is 4.58. The predicted molar refractivity (Wildman–Crippen MR) is 56.2 cm³/mol. The van der Waals surface area contributed by atoms with Crippen LogP contribution in [0.1, 0.15) is 0 Å². The van der Waals surface area contributed by atoms with Crippen molar-refractivity contribution in [1.82, 2.24) is 0 Å². The fourth-order valence-electron chi connectivity index (χ4n) is 1.43. The average molecular weight is 223 g/mol. The number of hydrogen-bond donors (Lipinski definition) is 1. The van der Waals surface area contributed by atoms with E-state index >= 15 is 0 Å². The van der Waals surface area contributed by atoms with Crippen molar-refractivity contribution in [3.8, 4) is 11.1 Å². The van der Waals surface area contributed by atoms with Gasteiger partial charge in [0.25, 0.3) is 0 Å². The number of rotatable bonds is 1. The zero-order chi connectivity index (χ0) is 11.7. The van der Waals surface area contributed by atoms with Crippen LogP contribution in [0.2, 0.25) is 0 Å². The molecule has 0 aliphatic carbocycles. The van der Waals surface area contributed by atoms with E-state index < -0.39 is 17.5 Å². The topological polar surface area (TPSA) is 26.0 Å². The van der Waals surface area contributed by atoms with E-state index in [4.69, 9.17) is 5.73 Å². The second kappa shape index (κ2) is 3.89. The van der Waals surface area contributed by atoms with Gasteiger partial charge in [0, 0.05) is 11.3 Å². The standard InChI is InChI=1S/C12H8F3N/c13-10-4-2-8(16)6-9(10)7-1-3-11(14)12(15)5-7/h1-6H,16H2. The molecule has 0 aliphatic rings. The van der Waals surface area contributed by atoms with E-state index in [0.29, 0.717) is 5.69 Å². The monoisotopic (exact) mass is 223 g/mol. The molecule has 0 saturated heterocycles. The number of anilines is 1. The van der Waals surface area contributed by atoms with E-state index in [0.717, 1.165) is 12.1 Å². The summed E-state index contributed by atoms with van der Waals surface area (Å²) in [6.45, 7) is 0. The van der Waals surface area contributed by atoms with E-state index in [2.05, 4.69) is 0 Å². The molecular weight excluding hydrogens is 215 g/mol. The molecule has 0 bridgehead atoms. The minimum Gasteiger partial charge on any atom is -0.399 e. The first kappa shape index (κ1) is 10.5. The van der Waals surface area contributed by atoms with Gasteiger partial charge in [-0.2, -0.15) is 0 Å². The van der Waals surface area contributed by atoms with Crippen LogP contribution in [0.3, 0.4) is 0 Å². The molecule has 2 aromatic rings. The lowest BCUT2D eigenvalue weighted by molar-refractivity contribution is 0.509. The van der Waals surface area contributed by atoms with Crippen molar-refractivity contribution in [2.75, 3.05) is 5.73 Å². The molecule has 0 spiro atoms. The molecule has 0 atom stereocenters. The zero-order valence-electron chi connectivity index (χ0n) is 8.18. The quantitative estimate of drug-likeness (QED) is 0.737. The number of nitrogen functional groups attached to an aromatic ring is 1. The molecule has 82 valence electrons. The van der Waals surface area contributed by atoms with Gasteiger partial charge in [-0.3, -0.25) is 0 Å². The number of nitrogens with two attached hydrogens (primary N) is 1. The van der Waals surface area contributed by atoms with Crippen LogP contribution in [0.5, 0.6) is 0 Å². The van der Waals surface area contributed by atoms with E-state index in [1.54, 1.807) is 0 Å². The molecule has 0 saturated carbocycles. The average Bonchev–Trinajstić information content (AvgIpc) is 2.26. The second-order valence-electron chi connectivity index (χ2n) is 3.37. The fourth-order valence-corrected chi connectivity index (χ4v) is 1.43. The molecule has 4 heteroatoms. The summed E-state index contributed by atoms with van der Waals surface area (Å²) in [6.07, 6.45) is 0. The van der Waals surface area contributed by atoms with Gasteiger partial charge in [0.2, 0.25) is 0 Å². The third-order valence-corrected chi connectivity index (χ3v) is 2.22. The van der Waals surface area contributed by atoms with Crippen LogP contribution in [-0.4, -0.2) is 0 Å². The number of hydrogen-bond acceptors (Lipinski definition) is 1. The first-order chi connectivity index (χ1) is 7.58. The van der Waals surface area contributed by atoms with Gasteiger partial charge >= 0.3 is 0 Å². The highest BCUT2D eigenvalue weighted by molar-refractivity contribution is 5.68. The molecule has 1 nitrogen and oxygen atoms in total. The van der Waals surface area contributed by atoms with Crippen LogP contribution in [0.15, 0.2) is 36.4 Å². The molecule has 0 unspecified atom stereocenters. The summed E-state index contributed by atoms with van der Waals surface area (Å²) in [7, 11) is 0. The van der Waals surface area contributed by atoms with E-state index in [9.17, 15) is 13.2 Å². The van der Waals surface area contributed by atoms with Crippen LogP contribution in [0.4, 0.5) is 18.9 Å². The Balaban J connectivity index is 2.58. The summed E-state index contributed by atoms with van der Waals surface area (Å²) >= 11 is 0. The van der Waals surface area contributed by atoms with Gasteiger partial charge in [0.05, 0.1) is 0 Å². The molecule has 0 radical (unpaired) electrons. The van der Waals surface area contributed by atoms with Crippen molar-refractivity contribution in [2.45, 2.75) is 0 Å². The smallest absolute Gasteiger partial charge is 0.159 e. The van der Waals surface area contributed by atoms with Gasteiger partial charge in [-0.05, 0) is 35.9 Å². The molecule has 16 heavy (non-hydrogen) atoms. The van der Waals surface area contributed by atoms with Crippen molar-refractivity contribution in [3.05, 3.63) is 53.8 Å². The predicted octanol–water partition coefficient (Wildman–Crippen LogP) is 3.35. The second-order valence-corrected chi connectivity index (χ2v) is 3.37. The summed E-state index contributed by atoms with van der Waals surface area (Å²) in [5.41, 5.74) is 6.27. The number of benzene rings is 2. The first-order valence-electron chi connectivity index (χ1n) is 4.58. The maximum atomic E-state index is 13.4. The SMILES string of the molecule is Nc1ccc(F)c(-c2ccc(F)c(F)c2)c1. The molecule has 2 N–H and O–H groups in total. The highest BCUT2D eigenvalue weighted by Gasteiger charge is 2.08. The Kier molecular flexibility index (Phi) is 2.56. The summed E-state index contributed by atoms with van der Waals surface area (Å²) in [5.74, 6) is -2.51. The Morgan fingerprint density at radius 2 is 1.44 bits per heavy atom. The van der Waals surface area contributed by atoms with Gasteiger partial charge in [-0.1, -0.05) is 6.07 Å². The van der Waals surface area contributed by atoms with Gasteiger partial charge in [0.15, 0.2) is 11.6 Å². The number of halogens is 3. The fraction of sp³-hybridized carbons (Fsp3) is 0. The summed E-state index contributed by atoms with van der Waals surface area (Å²) in [5, 5.41) is 0. The maximum Gasteiger partial charge on any atom is 0.159 e. The normalized spacial score (nSPS) is 10.4. The highest BCUT2D eigenvalue weighted by Crippen LogP contribution is 2.26. The van der Waals surface area contributed by atoms with Gasteiger partial charge in [-0.15, -0.1) is 0 Å². The largest absolute Gasteiger partial charge is 0.399 e. The lowest BCUT2D eigenvalue weighted by Crippen LogP contribution is -1.91. The van der Waals surface area contributed by atoms with E-state index in [1.165, 1.54) is 24.3 Å². The van der Waals surface area contributed by atoms with Gasteiger partial charge in [0.1, 0.15) is 5.82 Å². The summed E-state index contributed by atoms with van der Waals surface area (Å²) < 4.78 is 39.1. The minimum absolute atomic E-state index is 0.152. The third kappa shape index (κ3) is 1.86. The molecule has 0 fully saturated rings. The van der Waals surface area contributed by atoms with E-state index in [1.807, 2.05) is 0 Å². The Labute approximate surface area is 90.3 Å². The van der Waals surface area contributed by atoms with Crippen LogP contribution in [-0.2, 0) is 0 Å². The van der Waals surface area contributed by atoms with Crippen molar-refractivity contribution in [2.24, 2.45) is 0 Å². The zero-order valence-corrected chi connectivity index (χ0v) is 8.18. The Hall–Kier alpha value is -1.97. The van der Waals surface area contributed by atoms with Gasteiger partial charge in [-0.25, -0.2) is 13.2 Å². The van der Waals surface area contributed by atoms with Crippen molar-refractivity contribution < 1.29 is 13.2 Å². The van der Waals surface area contributed by atoms with E-state index in [-0.39, 0.29) is 11.1 Å². The Bertz CT molecular complexity index is 538. The Morgan fingerprint density at radius 1 is 0.750 bits per heavy atom. The van der Waals surface area contributed by atoms with Crippen LogP contribution < -0.4 is 5.73 Å². The highest BCUT2D eigenvalue weighted by atomic mass is 19.2. The summed E-state index contributed by atoms with van der Waals surface area (Å²) in [6, 6.07) is 7.16. The summed E-state index contributed by atoms with van der Waals surface area (Å²) in [4.78, 5) is 0. The molecule has 2 aromatic carbocycles. The minimum atomic E-state index is -1.01. The van der Waals surface area contributed by atoms with Crippen molar-refractivity contribution >= 4 is 5.69 Å².